The van der Waals surface area contributed by atoms with Gasteiger partial charge in [0.15, 0.2) is 0 Å². The molecular formula is C24H26FN5OS. The molecule has 5 rings (SSSR count). The van der Waals surface area contributed by atoms with E-state index in [0.29, 0.717) is 19.0 Å². The van der Waals surface area contributed by atoms with Crippen molar-refractivity contribution in [3.8, 4) is 0 Å². The van der Waals surface area contributed by atoms with E-state index in [1.165, 1.54) is 28.1 Å². The molecule has 1 atom stereocenters. The number of benzene rings is 1. The van der Waals surface area contributed by atoms with E-state index in [1.54, 1.807) is 28.3 Å². The SMILES string of the molecule is Cn1cc(CCNC2CCc3c(sc4ncn(CCc5cccc(F)c5)c(=O)c34)C2)cn1. The van der Waals surface area contributed by atoms with E-state index in [2.05, 4.69) is 21.6 Å². The van der Waals surface area contributed by atoms with Gasteiger partial charge < -0.3 is 5.32 Å². The van der Waals surface area contributed by atoms with Crippen LogP contribution in [0.15, 0.2) is 47.8 Å². The molecular weight excluding hydrogens is 425 g/mol. The fraction of sp³-hybridized carbons (Fsp3) is 0.375. The van der Waals surface area contributed by atoms with Crippen LogP contribution in [-0.4, -0.2) is 31.9 Å². The summed E-state index contributed by atoms with van der Waals surface area (Å²) in [6, 6.07) is 6.95. The second-order valence-electron chi connectivity index (χ2n) is 8.47. The number of nitrogens with one attached hydrogen (secondary N) is 1. The van der Waals surface area contributed by atoms with E-state index < -0.39 is 0 Å². The molecule has 1 aliphatic rings. The highest BCUT2D eigenvalue weighted by molar-refractivity contribution is 7.18. The molecule has 0 radical (unpaired) electrons. The summed E-state index contributed by atoms with van der Waals surface area (Å²) in [5.74, 6) is -0.251. The van der Waals surface area contributed by atoms with Crippen LogP contribution >= 0.6 is 11.3 Å². The third-order valence-electron chi connectivity index (χ3n) is 6.17. The van der Waals surface area contributed by atoms with Crippen LogP contribution in [-0.2, 0) is 39.3 Å². The quantitative estimate of drug-likeness (QED) is 0.469. The first-order valence-electron chi connectivity index (χ1n) is 11.0. The molecule has 1 unspecified atom stereocenters. The Balaban J connectivity index is 1.27. The predicted octanol–water partition coefficient (Wildman–Crippen LogP) is 3.26. The maximum atomic E-state index is 13.4. The van der Waals surface area contributed by atoms with Crippen molar-refractivity contribution in [2.45, 2.75) is 44.7 Å². The van der Waals surface area contributed by atoms with E-state index in [1.807, 2.05) is 24.0 Å². The Morgan fingerprint density at radius 3 is 3.00 bits per heavy atom. The molecule has 1 aliphatic carbocycles. The van der Waals surface area contributed by atoms with Gasteiger partial charge in [0.05, 0.1) is 17.9 Å². The lowest BCUT2D eigenvalue weighted by Crippen LogP contribution is -2.35. The number of hydrogen-bond acceptors (Lipinski definition) is 5. The van der Waals surface area contributed by atoms with Crippen molar-refractivity contribution in [3.63, 3.8) is 0 Å². The number of aryl methyl sites for hydroxylation is 4. The van der Waals surface area contributed by atoms with E-state index >= 15 is 0 Å². The molecule has 4 aromatic rings. The maximum absolute atomic E-state index is 13.4. The number of rotatable bonds is 7. The highest BCUT2D eigenvalue weighted by Gasteiger charge is 2.25. The Morgan fingerprint density at radius 2 is 2.19 bits per heavy atom. The summed E-state index contributed by atoms with van der Waals surface area (Å²) in [4.78, 5) is 19.9. The fourth-order valence-corrected chi connectivity index (χ4v) is 5.76. The zero-order chi connectivity index (χ0) is 22.1. The molecule has 3 heterocycles. The van der Waals surface area contributed by atoms with Gasteiger partial charge >= 0.3 is 0 Å². The van der Waals surface area contributed by atoms with Crippen LogP contribution in [0.2, 0.25) is 0 Å². The largest absolute Gasteiger partial charge is 0.313 e. The Hall–Kier alpha value is -2.84. The number of aromatic nitrogens is 4. The van der Waals surface area contributed by atoms with E-state index in [0.717, 1.165) is 48.0 Å². The lowest BCUT2D eigenvalue weighted by Gasteiger charge is -2.23. The zero-order valence-electron chi connectivity index (χ0n) is 18.1. The molecule has 6 nitrogen and oxygen atoms in total. The van der Waals surface area contributed by atoms with E-state index in [-0.39, 0.29) is 11.4 Å². The first-order chi connectivity index (χ1) is 15.6. The van der Waals surface area contributed by atoms with Gasteiger partial charge in [0.1, 0.15) is 10.6 Å². The molecule has 0 spiro atoms. The molecule has 0 saturated carbocycles. The van der Waals surface area contributed by atoms with Crippen LogP contribution < -0.4 is 10.9 Å². The van der Waals surface area contributed by atoms with Gasteiger partial charge in [-0.2, -0.15) is 5.10 Å². The van der Waals surface area contributed by atoms with Crippen molar-refractivity contribution in [3.05, 3.63) is 80.7 Å². The average molecular weight is 452 g/mol. The molecule has 32 heavy (non-hydrogen) atoms. The van der Waals surface area contributed by atoms with Gasteiger partial charge in [-0.3, -0.25) is 14.0 Å². The molecule has 0 fully saturated rings. The number of nitrogens with zero attached hydrogens (tertiary/aromatic N) is 4. The number of thiophene rings is 1. The standard InChI is InChI=1S/C24H26FN5OS/c1-29-14-17(13-28-29)7-9-26-19-5-6-20-21(12-19)32-23-22(20)24(31)30(15-27-23)10-8-16-3-2-4-18(25)11-16/h2-4,11,13-15,19,26H,5-10,12H2,1H3. The molecule has 0 bridgehead atoms. The highest BCUT2D eigenvalue weighted by atomic mass is 32.1. The number of halogens is 1. The molecule has 0 amide bonds. The molecule has 0 aliphatic heterocycles. The summed E-state index contributed by atoms with van der Waals surface area (Å²) < 4.78 is 16.9. The molecule has 166 valence electrons. The molecule has 0 saturated heterocycles. The lowest BCUT2D eigenvalue weighted by molar-refractivity contribution is 0.466. The third kappa shape index (κ3) is 4.38. The Morgan fingerprint density at radius 1 is 1.28 bits per heavy atom. The van der Waals surface area contributed by atoms with Gasteiger partial charge in [0.2, 0.25) is 0 Å². The molecule has 3 aromatic heterocycles. The summed E-state index contributed by atoms with van der Waals surface area (Å²) >= 11 is 1.65. The average Bonchev–Trinajstić information content (AvgIpc) is 3.36. The maximum Gasteiger partial charge on any atom is 0.262 e. The second-order valence-corrected chi connectivity index (χ2v) is 9.56. The van der Waals surface area contributed by atoms with Crippen LogP contribution in [0, 0.1) is 5.82 Å². The summed E-state index contributed by atoms with van der Waals surface area (Å²) in [7, 11) is 1.94. The molecule has 1 N–H and O–H groups in total. The van der Waals surface area contributed by atoms with Gasteiger partial charge in [-0.05, 0) is 67.5 Å². The Kier molecular flexibility index (Phi) is 5.89. The number of fused-ring (bicyclic) bond motifs is 3. The lowest BCUT2D eigenvalue weighted by atomic mass is 9.93. The Bertz CT molecular complexity index is 1310. The zero-order valence-corrected chi connectivity index (χ0v) is 18.9. The van der Waals surface area contributed by atoms with E-state index in [9.17, 15) is 9.18 Å². The monoisotopic (exact) mass is 451 g/mol. The summed E-state index contributed by atoms with van der Waals surface area (Å²) in [5, 5.41) is 8.67. The van der Waals surface area contributed by atoms with Gasteiger partial charge in [-0.15, -0.1) is 11.3 Å². The normalized spacial score (nSPS) is 15.9. The van der Waals surface area contributed by atoms with Crippen molar-refractivity contribution in [1.82, 2.24) is 24.6 Å². The highest BCUT2D eigenvalue weighted by Crippen LogP contribution is 2.33. The van der Waals surface area contributed by atoms with Gasteiger partial charge in [0.25, 0.3) is 5.56 Å². The first kappa shape index (κ1) is 21.0. The Labute approximate surface area is 189 Å². The van der Waals surface area contributed by atoms with Crippen LogP contribution in [0.25, 0.3) is 10.2 Å². The van der Waals surface area contributed by atoms with Crippen LogP contribution in [0.4, 0.5) is 4.39 Å². The summed E-state index contributed by atoms with van der Waals surface area (Å²) in [6.07, 6.45) is 10.0. The van der Waals surface area contributed by atoms with Gasteiger partial charge in [-0.1, -0.05) is 12.1 Å². The van der Waals surface area contributed by atoms with Crippen molar-refractivity contribution >= 4 is 21.6 Å². The van der Waals surface area contributed by atoms with Crippen LogP contribution in [0.1, 0.15) is 28.0 Å². The predicted molar refractivity (Wildman–Crippen MR) is 125 cm³/mol. The minimum Gasteiger partial charge on any atom is -0.313 e. The van der Waals surface area contributed by atoms with Crippen molar-refractivity contribution < 1.29 is 4.39 Å². The minimum absolute atomic E-state index is 0.0203. The van der Waals surface area contributed by atoms with Crippen molar-refractivity contribution in [2.24, 2.45) is 7.05 Å². The van der Waals surface area contributed by atoms with Gasteiger partial charge in [0, 0.05) is 30.7 Å². The molecule has 8 heteroatoms. The second kappa shape index (κ2) is 8.96. The summed E-state index contributed by atoms with van der Waals surface area (Å²) in [5.41, 5.74) is 3.31. The minimum atomic E-state index is -0.251. The van der Waals surface area contributed by atoms with Crippen LogP contribution in [0.3, 0.4) is 0 Å². The first-order valence-corrected chi connectivity index (χ1v) is 11.8. The van der Waals surface area contributed by atoms with Crippen molar-refractivity contribution in [2.75, 3.05) is 6.54 Å². The topological polar surface area (TPSA) is 64.7 Å². The number of hydrogen-bond donors (Lipinski definition) is 1. The van der Waals surface area contributed by atoms with Crippen molar-refractivity contribution in [1.29, 1.82) is 0 Å². The van der Waals surface area contributed by atoms with Crippen LogP contribution in [0.5, 0.6) is 0 Å². The molecule has 1 aromatic carbocycles. The summed E-state index contributed by atoms with van der Waals surface area (Å²) in [6.45, 7) is 1.41. The third-order valence-corrected chi connectivity index (χ3v) is 7.33. The van der Waals surface area contributed by atoms with Gasteiger partial charge in [-0.25, -0.2) is 9.37 Å². The smallest absolute Gasteiger partial charge is 0.262 e. The fourth-order valence-electron chi connectivity index (χ4n) is 4.50. The van der Waals surface area contributed by atoms with E-state index in [4.69, 9.17) is 0 Å².